The molecular formula is C19H26N2O4. The average molecular weight is 346 g/mol. The van der Waals surface area contributed by atoms with Crippen LogP contribution in [0.4, 0.5) is 0 Å². The van der Waals surface area contributed by atoms with Crippen molar-refractivity contribution >= 4 is 11.8 Å². The number of likely N-dealkylation sites (tertiary alicyclic amines) is 1. The second-order valence-electron chi connectivity index (χ2n) is 7.03. The summed E-state index contributed by atoms with van der Waals surface area (Å²) in [6.07, 6.45) is 1.91. The molecule has 2 fully saturated rings. The van der Waals surface area contributed by atoms with Gasteiger partial charge in [0.2, 0.25) is 11.8 Å². The zero-order valence-electron chi connectivity index (χ0n) is 14.7. The van der Waals surface area contributed by atoms with Gasteiger partial charge in [-0.15, -0.1) is 0 Å². The van der Waals surface area contributed by atoms with Crippen molar-refractivity contribution < 1.29 is 19.4 Å². The molecule has 2 aliphatic rings. The number of hydrogen-bond donors (Lipinski definition) is 1. The van der Waals surface area contributed by atoms with E-state index < -0.39 is 5.60 Å². The normalized spacial score (nSPS) is 24.0. The maximum absolute atomic E-state index is 12.6. The molecule has 2 saturated heterocycles. The molecule has 6 nitrogen and oxygen atoms in total. The number of nitrogens with zero attached hydrogens (tertiary/aromatic N) is 2. The van der Waals surface area contributed by atoms with Gasteiger partial charge < -0.3 is 19.6 Å². The van der Waals surface area contributed by atoms with E-state index in [4.69, 9.17) is 4.74 Å². The monoisotopic (exact) mass is 346 g/mol. The molecule has 136 valence electrons. The van der Waals surface area contributed by atoms with Crippen LogP contribution in [0.25, 0.3) is 0 Å². The predicted molar refractivity (Wildman–Crippen MR) is 93.0 cm³/mol. The fraction of sp³-hybridized carbons (Fsp3) is 0.579. The molecule has 1 atom stereocenters. The minimum atomic E-state index is -0.783. The lowest BCUT2D eigenvalue weighted by Crippen LogP contribution is -2.58. The summed E-state index contributed by atoms with van der Waals surface area (Å²) in [6.45, 7) is 3.91. The van der Waals surface area contributed by atoms with Crippen molar-refractivity contribution in [2.24, 2.45) is 0 Å². The summed E-state index contributed by atoms with van der Waals surface area (Å²) in [5.41, 5.74) is 1.47. The molecule has 1 aromatic carbocycles. The quantitative estimate of drug-likeness (QED) is 0.854. The van der Waals surface area contributed by atoms with Crippen LogP contribution in [-0.4, -0.2) is 71.7 Å². The molecule has 1 N–H and O–H groups in total. The van der Waals surface area contributed by atoms with Crippen molar-refractivity contribution in [3.05, 3.63) is 35.4 Å². The Morgan fingerprint density at radius 3 is 2.80 bits per heavy atom. The van der Waals surface area contributed by atoms with Gasteiger partial charge in [0.25, 0.3) is 0 Å². The molecule has 6 heteroatoms. The number of aryl methyl sites for hydroxylation is 1. The van der Waals surface area contributed by atoms with Crippen molar-refractivity contribution in [2.45, 2.75) is 31.8 Å². The zero-order chi connectivity index (χ0) is 17.9. The van der Waals surface area contributed by atoms with E-state index in [1.807, 2.05) is 31.2 Å². The summed E-state index contributed by atoms with van der Waals surface area (Å²) in [6, 6.07) is 8.01. The first-order chi connectivity index (χ1) is 12.0. The Kier molecular flexibility index (Phi) is 5.39. The fourth-order valence-electron chi connectivity index (χ4n) is 3.61. The summed E-state index contributed by atoms with van der Waals surface area (Å²) >= 11 is 0. The summed E-state index contributed by atoms with van der Waals surface area (Å²) in [4.78, 5) is 27.7. The smallest absolute Gasteiger partial charge is 0.242 e. The maximum atomic E-state index is 12.6. The third kappa shape index (κ3) is 4.02. The highest BCUT2D eigenvalue weighted by Gasteiger charge is 2.39. The van der Waals surface area contributed by atoms with Crippen molar-refractivity contribution in [1.82, 2.24) is 9.80 Å². The van der Waals surface area contributed by atoms with Gasteiger partial charge in [0.1, 0.15) is 5.60 Å². The zero-order valence-corrected chi connectivity index (χ0v) is 14.7. The van der Waals surface area contributed by atoms with Gasteiger partial charge in [-0.25, -0.2) is 0 Å². The van der Waals surface area contributed by atoms with E-state index >= 15 is 0 Å². The Bertz CT molecular complexity index is 648. The summed E-state index contributed by atoms with van der Waals surface area (Å²) in [7, 11) is 0. The Hall–Kier alpha value is -1.92. The van der Waals surface area contributed by atoms with Gasteiger partial charge in [-0.05, 0) is 24.5 Å². The molecule has 2 heterocycles. The second-order valence-corrected chi connectivity index (χ2v) is 7.03. The molecular weight excluding hydrogens is 320 g/mol. The molecule has 1 aromatic rings. The largest absolute Gasteiger partial charge is 0.393 e. The topological polar surface area (TPSA) is 70.1 Å². The fourth-order valence-corrected chi connectivity index (χ4v) is 3.61. The molecule has 0 spiro atoms. The van der Waals surface area contributed by atoms with E-state index in [1.54, 1.807) is 9.80 Å². The number of aliphatic hydroxyl groups is 1. The van der Waals surface area contributed by atoms with Crippen LogP contribution in [0.15, 0.2) is 24.3 Å². The summed E-state index contributed by atoms with van der Waals surface area (Å²) in [5.74, 6) is -0.0175. The molecule has 3 rings (SSSR count). The number of amides is 2. The molecule has 25 heavy (non-hydrogen) atoms. The van der Waals surface area contributed by atoms with Crippen molar-refractivity contribution in [1.29, 1.82) is 0 Å². The lowest BCUT2D eigenvalue weighted by Gasteiger charge is -2.42. The lowest BCUT2D eigenvalue weighted by molar-refractivity contribution is -0.159. The standard InChI is InChI=1S/C19H26N2O4/c1-15-5-2-3-6-16(15)11-19(14-22)13-21(9-10-25-19)18(24)12-20-8-4-7-17(20)23/h2-3,5-6,22H,4,7-14H2,1H3/t19-/m1/s1. The number of hydrogen-bond acceptors (Lipinski definition) is 4. The lowest BCUT2D eigenvalue weighted by atomic mass is 9.91. The number of ether oxygens (including phenoxy) is 1. The summed E-state index contributed by atoms with van der Waals surface area (Å²) in [5, 5.41) is 9.99. The number of benzene rings is 1. The third-order valence-electron chi connectivity index (χ3n) is 5.16. The first kappa shape index (κ1) is 17.9. The molecule has 2 aliphatic heterocycles. The Morgan fingerprint density at radius 1 is 1.32 bits per heavy atom. The highest BCUT2D eigenvalue weighted by atomic mass is 16.5. The van der Waals surface area contributed by atoms with E-state index in [2.05, 4.69) is 0 Å². The van der Waals surface area contributed by atoms with E-state index in [1.165, 1.54) is 0 Å². The Labute approximate surface area is 148 Å². The molecule has 2 amide bonds. The number of aliphatic hydroxyl groups excluding tert-OH is 1. The first-order valence-corrected chi connectivity index (χ1v) is 8.88. The van der Waals surface area contributed by atoms with Crippen LogP contribution in [0, 0.1) is 6.92 Å². The molecule has 0 radical (unpaired) electrons. The van der Waals surface area contributed by atoms with Crippen LogP contribution in [-0.2, 0) is 20.7 Å². The van der Waals surface area contributed by atoms with Crippen molar-refractivity contribution in [2.75, 3.05) is 39.4 Å². The minimum absolute atomic E-state index is 0.0509. The van der Waals surface area contributed by atoms with Crippen LogP contribution < -0.4 is 0 Å². The number of carbonyl (C=O) groups excluding carboxylic acids is 2. The van der Waals surface area contributed by atoms with Crippen LogP contribution in [0.3, 0.4) is 0 Å². The van der Waals surface area contributed by atoms with Crippen LogP contribution in [0.5, 0.6) is 0 Å². The predicted octanol–water partition coefficient (Wildman–Crippen LogP) is 0.750. The molecule has 0 unspecified atom stereocenters. The molecule has 0 bridgehead atoms. The molecule has 0 aromatic heterocycles. The van der Waals surface area contributed by atoms with Gasteiger partial charge in [0, 0.05) is 25.9 Å². The van der Waals surface area contributed by atoms with Gasteiger partial charge in [-0.2, -0.15) is 0 Å². The highest BCUT2D eigenvalue weighted by Crippen LogP contribution is 2.25. The van der Waals surface area contributed by atoms with Crippen molar-refractivity contribution in [3.63, 3.8) is 0 Å². The van der Waals surface area contributed by atoms with E-state index in [0.717, 1.165) is 17.5 Å². The average Bonchev–Trinajstić information content (AvgIpc) is 3.02. The first-order valence-electron chi connectivity index (χ1n) is 8.88. The number of carbonyl (C=O) groups is 2. The number of rotatable bonds is 5. The van der Waals surface area contributed by atoms with Gasteiger partial charge in [-0.1, -0.05) is 24.3 Å². The Morgan fingerprint density at radius 2 is 2.12 bits per heavy atom. The van der Waals surface area contributed by atoms with Gasteiger partial charge in [-0.3, -0.25) is 9.59 Å². The van der Waals surface area contributed by atoms with Crippen LogP contribution in [0.2, 0.25) is 0 Å². The van der Waals surface area contributed by atoms with E-state index in [0.29, 0.717) is 39.1 Å². The second kappa shape index (κ2) is 7.54. The van der Waals surface area contributed by atoms with Gasteiger partial charge in [0.05, 0.1) is 26.3 Å². The van der Waals surface area contributed by atoms with Gasteiger partial charge in [0.15, 0.2) is 0 Å². The summed E-state index contributed by atoms with van der Waals surface area (Å²) < 4.78 is 5.92. The van der Waals surface area contributed by atoms with E-state index in [-0.39, 0.29) is 25.0 Å². The van der Waals surface area contributed by atoms with E-state index in [9.17, 15) is 14.7 Å². The van der Waals surface area contributed by atoms with Gasteiger partial charge >= 0.3 is 0 Å². The minimum Gasteiger partial charge on any atom is -0.393 e. The highest BCUT2D eigenvalue weighted by molar-refractivity contribution is 5.86. The SMILES string of the molecule is Cc1ccccc1C[C@]1(CO)CN(C(=O)CN2CCCC2=O)CCO1. The molecule has 0 aliphatic carbocycles. The molecule has 0 saturated carbocycles. The number of morpholine rings is 1. The maximum Gasteiger partial charge on any atom is 0.242 e. The van der Waals surface area contributed by atoms with Crippen molar-refractivity contribution in [3.8, 4) is 0 Å². The third-order valence-corrected chi connectivity index (χ3v) is 5.16. The van der Waals surface area contributed by atoms with Crippen LogP contribution in [0.1, 0.15) is 24.0 Å². The van der Waals surface area contributed by atoms with Crippen LogP contribution >= 0.6 is 0 Å². The Balaban J connectivity index is 1.68.